The first-order valence-electron chi connectivity index (χ1n) is 12.4. The Morgan fingerprint density at radius 1 is 1.21 bits per heavy atom. The minimum Gasteiger partial charge on any atom is -0.466 e. The van der Waals surface area contributed by atoms with Crippen molar-refractivity contribution in [1.29, 1.82) is 0 Å². The lowest BCUT2D eigenvalue weighted by atomic mass is 9.65. The molecule has 1 spiro atoms. The van der Waals surface area contributed by atoms with Gasteiger partial charge in [0, 0.05) is 18.7 Å². The van der Waals surface area contributed by atoms with Crippen molar-refractivity contribution in [2.45, 2.75) is 103 Å². The molecule has 3 rings (SSSR count). The molecule has 0 radical (unpaired) electrons. The third-order valence-corrected chi connectivity index (χ3v) is 7.46. The molecule has 3 aliphatic heterocycles. The van der Waals surface area contributed by atoms with E-state index in [2.05, 4.69) is 26.1 Å². The summed E-state index contributed by atoms with van der Waals surface area (Å²) in [4.78, 5) is 42.2. The highest BCUT2D eigenvalue weighted by Crippen LogP contribution is 2.64. The first-order chi connectivity index (χ1) is 15.3. The summed E-state index contributed by atoms with van der Waals surface area (Å²) < 4.78 is 12.0. The van der Waals surface area contributed by atoms with Gasteiger partial charge in [-0.15, -0.1) is 0 Å². The van der Waals surface area contributed by atoms with Crippen molar-refractivity contribution in [2.75, 3.05) is 19.8 Å². The van der Waals surface area contributed by atoms with E-state index in [0.717, 1.165) is 6.42 Å². The Morgan fingerprint density at radius 2 is 1.88 bits per heavy atom. The van der Waals surface area contributed by atoms with Crippen molar-refractivity contribution in [2.24, 2.45) is 17.3 Å². The van der Waals surface area contributed by atoms with E-state index in [4.69, 9.17) is 9.47 Å². The molecule has 3 aliphatic rings. The van der Waals surface area contributed by atoms with Crippen LogP contribution in [0, 0.1) is 17.3 Å². The lowest BCUT2D eigenvalue weighted by Gasteiger charge is -2.38. The molecule has 5 atom stereocenters. The highest BCUT2D eigenvalue weighted by atomic mass is 16.6. The van der Waals surface area contributed by atoms with Gasteiger partial charge < -0.3 is 24.8 Å². The third kappa shape index (κ3) is 4.41. The largest absolute Gasteiger partial charge is 0.466 e. The standard InChI is InChI=1S/C25H42N2O6/c1-8-24-11-12-25(33-24)16(17(24)21(31)32-9-2)20(30)27(13-10-14-28)18(25)19(29)26-23(6,7)15-22(3,4)5/h16-18,28H,8-15H2,1-7H3,(H,26,29)/t16-,17+,18?,24-,25?/m0/s1. The fraction of sp³-hybridized carbons (Fsp3) is 0.880. The Bertz CT molecular complexity index is 790. The number of amides is 2. The number of esters is 1. The molecule has 2 unspecified atom stereocenters. The molecule has 2 N–H and O–H groups in total. The molecule has 188 valence electrons. The molecule has 8 heteroatoms. The number of fused-ring (bicyclic) bond motifs is 1. The lowest BCUT2D eigenvalue weighted by Crippen LogP contribution is -2.59. The summed E-state index contributed by atoms with van der Waals surface area (Å²) in [5.41, 5.74) is -2.32. The molecule has 2 amide bonds. The van der Waals surface area contributed by atoms with E-state index in [1.807, 2.05) is 20.8 Å². The van der Waals surface area contributed by atoms with Crippen LogP contribution in [0.2, 0.25) is 0 Å². The van der Waals surface area contributed by atoms with Crippen LogP contribution in [0.15, 0.2) is 0 Å². The van der Waals surface area contributed by atoms with Gasteiger partial charge in [-0.2, -0.15) is 0 Å². The van der Waals surface area contributed by atoms with Gasteiger partial charge in [0.1, 0.15) is 17.6 Å². The maximum atomic E-state index is 13.8. The SMILES string of the molecule is CCOC(=O)[C@H]1[C@H]2C(=O)N(CCCO)C(C(=O)NC(C)(C)CC(C)(C)C)C23CC[C@]1(CC)O3. The Hall–Kier alpha value is -1.67. The van der Waals surface area contributed by atoms with E-state index in [9.17, 15) is 19.5 Å². The van der Waals surface area contributed by atoms with Crippen molar-refractivity contribution in [3.05, 3.63) is 0 Å². The van der Waals surface area contributed by atoms with Gasteiger partial charge in [0.05, 0.1) is 18.1 Å². The minimum atomic E-state index is -1.05. The smallest absolute Gasteiger partial charge is 0.312 e. The summed E-state index contributed by atoms with van der Waals surface area (Å²) in [5.74, 6) is -2.39. The molecule has 8 nitrogen and oxygen atoms in total. The number of aliphatic hydroxyl groups is 1. The van der Waals surface area contributed by atoms with Crippen molar-refractivity contribution >= 4 is 17.8 Å². The van der Waals surface area contributed by atoms with Crippen LogP contribution in [0.3, 0.4) is 0 Å². The van der Waals surface area contributed by atoms with E-state index < -0.39 is 40.6 Å². The van der Waals surface area contributed by atoms with Gasteiger partial charge in [-0.25, -0.2) is 0 Å². The van der Waals surface area contributed by atoms with Crippen LogP contribution in [-0.4, -0.2) is 70.3 Å². The van der Waals surface area contributed by atoms with E-state index >= 15 is 0 Å². The van der Waals surface area contributed by atoms with Crippen molar-refractivity contribution < 1.29 is 29.0 Å². The van der Waals surface area contributed by atoms with E-state index in [1.165, 1.54) is 0 Å². The molecule has 3 fully saturated rings. The van der Waals surface area contributed by atoms with Crippen LogP contribution in [0.4, 0.5) is 0 Å². The number of carbonyl (C=O) groups excluding carboxylic acids is 3. The van der Waals surface area contributed by atoms with Crippen LogP contribution >= 0.6 is 0 Å². The first-order valence-corrected chi connectivity index (χ1v) is 12.4. The summed E-state index contributed by atoms with van der Waals surface area (Å²) in [6.07, 6.45) is 2.83. The Balaban J connectivity index is 2.01. The second kappa shape index (κ2) is 8.84. The van der Waals surface area contributed by atoms with Crippen molar-refractivity contribution in [3.8, 4) is 0 Å². The molecule has 0 saturated carbocycles. The predicted molar refractivity (Wildman–Crippen MR) is 123 cm³/mol. The molecule has 0 aromatic heterocycles. The van der Waals surface area contributed by atoms with Crippen LogP contribution < -0.4 is 5.32 Å². The molecule has 0 aliphatic carbocycles. The summed E-state index contributed by atoms with van der Waals surface area (Å²) in [5, 5.41) is 12.6. The number of carbonyl (C=O) groups is 3. The van der Waals surface area contributed by atoms with Crippen molar-refractivity contribution in [3.63, 3.8) is 0 Å². The van der Waals surface area contributed by atoms with E-state index in [1.54, 1.807) is 11.8 Å². The Labute approximate surface area is 197 Å². The highest BCUT2D eigenvalue weighted by Gasteiger charge is 2.79. The number of hydrogen-bond acceptors (Lipinski definition) is 6. The minimum absolute atomic E-state index is 0.00323. The Morgan fingerprint density at radius 3 is 2.42 bits per heavy atom. The average molecular weight is 467 g/mol. The number of ether oxygens (including phenoxy) is 2. The third-order valence-electron chi connectivity index (χ3n) is 7.46. The number of rotatable bonds is 9. The van der Waals surface area contributed by atoms with Crippen LogP contribution in [-0.2, 0) is 23.9 Å². The van der Waals surface area contributed by atoms with Gasteiger partial charge >= 0.3 is 5.97 Å². The number of hydrogen-bond donors (Lipinski definition) is 2. The quantitative estimate of drug-likeness (QED) is 0.506. The van der Waals surface area contributed by atoms with Gasteiger partial charge in [0.25, 0.3) is 0 Å². The molecule has 2 bridgehead atoms. The average Bonchev–Trinajstić information content (AvgIpc) is 3.28. The maximum Gasteiger partial charge on any atom is 0.312 e. The number of likely N-dealkylation sites (tertiary alicyclic amines) is 1. The monoisotopic (exact) mass is 466 g/mol. The van der Waals surface area contributed by atoms with E-state index in [0.29, 0.717) is 25.7 Å². The van der Waals surface area contributed by atoms with Crippen molar-refractivity contribution in [1.82, 2.24) is 10.2 Å². The van der Waals surface area contributed by atoms with Crippen LogP contribution in [0.5, 0.6) is 0 Å². The molecule has 3 saturated heterocycles. The molecule has 0 aromatic rings. The fourth-order valence-electron chi connectivity index (χ4n) is 6.86. The summed E-state index contributed by atoms with van der Waals surface area (Å²) in [6, 6.07) is -0.839. The topological polar surface area (TPSA) is 105 Å². The lowest BCUT2D eigenvalue weighted by molar-refractivity contribution is -0.160. The predicted octanol–water partition coefficient (Wildman–Crippen LogP) is 2.42. The van der Waals surface area contributed by atoms with Gasteiger partial charge in [0.2, 0.25) is 11.8 Å². The van der Waals surface area contributed by atoms with Crippen LogP contribution in [0.25, 0.3) is 0 Å². The van der Waals surface area contributed by atoms with E-state index in [-0.39, 0.29) is 37.0 Å². The van der Waals surface area contributed by atoms with Gasteiger partial charge in [0.15, 0.2) is 0 Å². The molecule has 3 heterocycles. The highest BCUT2D eigenvalue weighted by molar-refractivity contribution is 5.98. The molecular weight excluding hydrogens is 424 g/mol. The summed E-state index contributed by atoms with van der Waals surface area (Å²) in [6.45, 7) is 14.4. The number of aliphatic hydroxyl groups excluding tert-OH is 1. The van der Waals surface area contributed by atoms with Gasteiger partial charge in [-0.1, -0.05) is 27.7 Å². The zero-order chi connectivity index (χ0) is 24.8. The van der Waals surface area contributed by atoms with Gasteiger partial charge in [-0.05, 0) is 58.3 Å². The van der Waals surface area contributed by atoms with Gasteiger partial charge in [-0.3, -0.25) is 14.4 Å². The summed E-state index contributed by atoms with van der Waals surface area (Å²) >= 11 is 0. The first kappa shape index (κ1) is 25.9. The maximum absolute atomic E-state index is 13.8. The zero-order valence-electron chi connectivity index (χ0n) is 21.3. The second-order valence-corrected chi connectivity index (χ2v) is 11.8. The van der Waals surface area contributed by atoms with Crippen LogP contribution in [0.1, 0.15) is 80.6 Å². The molecule has 0 aromatic carbocycles. The zero-order valence-corrected chi connectivity index (χ0v) is 21.3. The Kier molecular flexibility index (Phi) is 6.95. The normalized spacial score (nSPS) is 33.4. The number of nitrogens with zero attached hydrogens (tertiary/aromatic N) is 1. The number of nitrogens with one attached hydrogen (secondary N) is 1. The summed E-state index contributed by atoms with van der Waals surface area (Å²) in [7, 11) is 0. The molecule has 33 heavy (non-hydrogen) atoms. The molecular formula is C25H42N2O6. The fourth-order valence-corrected chi connectivity index (χ4v) is 6.86. The second-order valence-electron chi connectivity index (χ2n) is 11.8.